The van der Waals surface area contributed by atoms with Gasteiger partial charge in [-0.05, 0) is 33.8 Å². The van der Waals surface area contributed by atoms with E-state index in [1.165, 1.54) is 6.08 Å². The molecule has 35 heavy (non-hydrogen) atoms. The third-order valence-corrected chi connectivity index (χ3v) is 6.16. The maximum Gasteiger partial charge on any atom is 0.308 e. The predicted molar refractivity (Wildman–Crippen MR) is 132 cm³/mol. The van der Waals surface area contributed by atoms with E-state index in [2.05, 4.69) is 37.4 Å². The van der Waals surface area contributed by atoms with Crippen LogP contribution >= 0.6 is 0 Å². The van der Waals surface area contributed by atoms with Crippen LogP contribution in [-0.4, -0.2) is 67.4 Å². The first kappa shape index (κ1) is 27.6. The van der Waals surface area contributed by atoms with E-state index >= 15 is 0 Å². The highest BCUT2D eigenvalue weighted by molar-refractivity contribution is 5.87. The lowest BCUT2D eigenvalue weighted by Crippen LogP contribution is -2.46. The Labute approximate surface area is 209 Å². The quantitative estimate of drug-likeness (QED) is 0.228. The molecule has 196 valence electrons. The molecule has 0 unspecified atom stereocenters. The number of hydrogen-bond acceptors (Lipinski definition) is 7. The Hall–Kier alpha value is -2.00. The summed E-state index contributed by atoms with van der Waals surface area (Å²) < 4.78 is 28.6. The van der Waals surface area contributed by atoms with Crippen LogP contribution in [0.2, 0.25) is 0 Å². The van der Waals surface area contributed by atoms with Crippen LogP contribution in [0.5, 0.6) is 0 Å². The molecule has 0 aromatic carbocycles. The lowest BCUT2D eigenvalue weighted by atomic mass is 9.85. The van der Waals surface area contributed by atoms with Gasteiger partial charge in [0.05, 0.1) is 49.1 Å². The van der Waals surface area contributed by atoms with E-state index in [1.54, 1.807) is 26.8 Å². The average molecular weight is 492 g/mol. The van der Waals surface area contributed by atoms with E-state index in [1.807, 2.05) is 6.92 Å². The predicted octanol–water partition coefficient (Wildman–Crippen LogP) is 3.61. The summed E-state index contributed by atoms with van der Waals surface area (Å²) in [4.78, 5) is 23.7. The van der Waals surface area contributed by atoms with Gasteiger partial charge in [0.1, 0.15) is 6.10 Å². The van der Waals surface area contributed by atoms with Gasteiger partial charge in [-0.2, -0.15) is 0 Å². The van der Waals surface area contributed by atoms with E-state index in [0.717, 1.165) is 25.0 Å². The molecule has 1 amide bonds. The lowest BCUT2D eigenvalue weighted by Gasteiger charge is -2.38. The Balaban J connectivity index is 1.35. The second-order valence-corrected chi connectivity index (χ2v) is 10.8. The highest BCUT2D eigenvalue weighted by atomic mass is 16.7. The minimum absolute atomic E-state index is 0.0126. The molecule has 3 saturated heterocycles. The first-order valence-corrected chi connectivity index (χ1v) is 12.5. The maximum absolute atomic E-state index is 12.1. The Morgan fingerprint density at radius 1 is 1.14 bits per heavy atom. The molecule has 3 aliphatic heterocycles. The van der Waals surface area contributed by atoms with Gasteiger partial charge in [0, 0.05) is 25.3 Å². The van der Waals surface area contributed by atoms with Crippen LogP contribution in [0.4, 0.5) is 0 Å². The number of esters is 1. The molecule has 0 bridgehead atoms. The fourth-order valence-corrected chi connectivity index (χ4v) is 4.34. The topological polar surface area (TPSA) is 95.6 Å². The normalized spacial score (nSPS) is 31.7. The number of epoxide rings is 1. The minimum atomic E-state index is -0.470. The molecular formula is C27H41NO7. The van der Waals surface area contributed by atoms with Gasteiger partial charge in [-0.15, -0.1) is 0 Å². The Morgan fingerprint density at radius 2 is 1.83 bits per heavy atom. The van der Waals surface area contributed by atoms with Crippen LogP contribution in [0, 0.1) is 5.92 Å². The third-order valence-electron chi connectivity index (χ3n) is 6.16. The summed E-state index contributed by atoms with van der Waals surface area (Å²) in [5.74, 6) is -0.780. The van der Waals surface area contributed by atoms with Crippen molar-refractivity contribution in [2.75, 3.05) is 19.8 Å². The number of carbonyl (C=O) groups excluding carboxylic acids is 2. The lowest BCUT2D eigenvalue weighted by molar-refractivity contribution is -0.187. The summed E-state index contributed by atoms with van der Waals surface area (Å²) >= 11 is 0. The van der Waals surface area contributed by atoms with E-state index in [4.69, 9.17) is 23.7 Å². The second-order valence-electron chi connectivity index (χ2n) is 10.8. The highest BCUT2D eigenvalue weighted by Gasteiger charge is 2.53. The zero-order valence-corrected chi connectivity index (χ0v) is 21.9. The van der Waals surface area contributed by atoms with Crippen molar-refractivity contribution in [1.29, 1.82) is 0 Å². The van der Waals surface area contributed by atoms with Gasteiger partial charge >= 0.3 is 5.97 Å². The molecule has 3 heterocycles. The van der Waals surface area contributed by atoms with Crippen LogP contribution < -0.4 is 5.32 Å². The maximum atomic E-state index is 12.1. The van der Waals surface area contributed by atoms with Crippen LogP contribution in [-0.2, 0) is 33.3 Å². The van der Waals surface area contributed by atoms with Crippen molar-refractivity contribution in [3.8, 4) is 0 Å². The monoisotopic (exact) mass is 491 g/mol. The van der Waals surface area contributed by atoms with Crippen LogP contribution in [0.3, 0.4) is 0 Å². The van der Waals surface area contributed by atoms with Gasteiger partial charge in [0.2, 0.25) is 5.91 Å². The first-order chi connectivity index (χ1) is 16.5. The van der Waals surface area contributed by atoms with E-state index < -0.39 is 6.10 Å². The Kier molecular flexibility index (Phi) is 9.32. The summed E-state index contributed by atoms with van der Waals surface area (Å²) in [7, 11) is 0. The molecule has 3 fully saturated rings. The van der Waals surface area contributed by atoms with Gasteiger partial charge in [-0.3, -0.25) is 9.59 Å². The van der Waals surface area contributed by atoms with Crippen LogP contribution in [0.25, 0.3) is 0 Å². The SMILES string of the molecule is CC(C=C[C@@H]1C[C@]2(CO2)CC(C)(C)O1)=CCC1OCC(NC(=O)C=C[C@H](C)OC(=O)C(C)C)CO1. The number of nitrogens with one attached hydrogen (secondary N) is 1. The third kappa shape index (κ3) is 9.18. The van der Waals surface area contributed by atoms with Gasteiger partial charge in [0.25, 0.3) is 0 Å². The molecule has 1 N–H and O–H groups in total. The van der Waals surface area contributed by atoms with Gasteiger partial charge in [-0.25, -0.2) is 0 Å². The Bertz CT molecular complexity index is 826. The van der Waals surface area contributed by atoms with Crippen molar-refractivity contribution in [3.63, 3.8) is 0 Å². The van der Waals surface area contributed by atoms with Crippen molar-refractivity contribution in [2.24, 2.45) is 5.92 Å². The summed E-state index contributed by atoms with van der Waals surface area (Å²) in [5, 5.41) is 2.84. The van der Waals surface area contributed by atoms with E-state index in [9.17, 15) is 9.59 Å². The van der Waals surface area contributed by atoms with Crippen molar-refractivity contribution in [2.45, 2.75) is 96.5 Å². The molecule has 0 saturated carbocycles. The van der Waals surface area contributed by atoms with E-state index in [0.29, 0.717) is 19.6 Å². The highest BCUT2D eigenvalue weighted by Crippen LogP contribution is 2.46. The minimum Gasteiger partial charge on any atom is -0.458 e. The number of carbonyl (C=O) groups is 2. The molecule has 0 aromatic rings. The zero-order valence-electron chi connectivity index (χ0n) is 21.9. The molecule has 1 spiro atoms. The molecule has 3 aliphatic rings. The molecule has 0 aromatic heterocycles. The molecule has 0 aliphatic carbocycles. The van der Waals surface area contributed by atoms with Crippen LogP contribution in [0.1, 0.15) is 60.8 Å². The molecule has 8 heteroatoms. The number of hydrogen-bond donors (Lipinski definition) is 1. The summed E-state index contributed by atoms with van der Waals surface area (Å²) in [6.45, 7) is 13.1. The van der Waals surface area contributed by atoms with Crippen molar-refractivity contribution in [1.82, 2.24) is 5.32 Å². The standard InChI is InChI=1S/C27H41NO7/c1-18(2)25(30)34-20(4)9-11-23(29)28-21-14-31-24(32-15-21)12-8-19(3)7-10-22-13-27(17-33-27)16-26(5,6)35-22/h7-11,18,20-22,24H,12-17H2,1-6H3,(H,28,29)/t20-,21?,22+,24?,27+/m0/s1. The van der Waals surface area contributed by atoms with Crippen molar-refractivity contribution in [3.05, 3.63) is 36.0 Å². The summed E-state index contributed by atoms with van der Waals surface area (Å²) in [6, 6.07) is -0.231. The van der Waals surface area contributed by atoms with Gasteiger partial charge < -0.3 is 29.0 Å². The summed E-state index contributed by atoms with van der Waals surface area (Å²) in [5.41, 5.74) is 0.951. The number of amides is 1. The molecule has 3 rings (SSSR count). The largest absolute Gasteiger partial charge is 0.458 e. The fourth-order valence-electron chi connectivity index (χ4n) is 4.34. The van der Waals surface area contributed by atoms with Gasteiger partial charge in [0.15, 0.2) is 6.29 Å². The second kappa shape index (κ2) is 11.8. The smallest absolute Gasteiger partial charge is 0.308 e. The Morgan fingerprint density at radius 3 is 2.46 bits per heavy atom. The zero-order chi connectivity index (χ0) is 25.6. The van der Waals surface area contributed by atoms with Crippen molar-refractivity contribution < 1.29 is 33.3 Å². The van der Waals surface area contributed by atoms with Crippen LogP contribution in [0.15, 0.2) is 36.0 Å². The number of rotatable bonds is 9. The molecule has 8 nitrogen and oxygen atoms in total. The number of allylic oxidation sites excluding steroid dienone is 2. The molecular weight excluding hydrogens is 450 g/mol. The van der Waals surface area contributed by atoms with Gasteiger partial charge in [-0.1, -0.05) is 37.6 Å². The molecule has 3 atom stereocenters. The van der Waals surface area contributed by atoms with Crippen molar-refractivity contribution >= 4 is 11.9 Å². The molecule has 0 radical (unpaired) electrons. The fraction of sp³-hybridized carbons (Fsp3) is 0.704. The summed E-state index contributed by atoms with van der Waals surface area (Å²) in [6.07, 6.45) is 10.9. The van der Waals surface area contributed by atoms with E-state index in [-0.39, 0.29) is 47.4 Å². The first-order valence-electron chi connectivity index (χ1n) is 12.5. The number of ether oxygens (including phenoxy) is 5. The average Bonchev–Trinajstić information content (AvgIpc) is 3.51.